The molecule has 0 bridgehead atoms. The smallest absolute Gasteiger partial charge is 0.287 e. The summed E-state index contributed by atoms with van der Waals surface area (Å²) in [5.74, 6) is -0.358. The zero-order chi connectivity index (χ0) is 16.5. The second-order valence-electron chi connectivity index (χ2n) is 5.81. The van der Waals surface area contributed by atoms with E-state index in [0.29, 0.717) is 11.2 Å². The summed E-state index contributed by atoms with van der Waals surface area (Å²) >= 11 is 0. The molecule has 4 rings (SSSR count). The third-order valence-corrected chi connectivity index (χ3v) is 3.91. The molecule has 2 amide bonds. The number of hydrogen-bond donors (Lipinski definition) is 2. The van der Waals surface area contributed by atoms with Gasteiger partial charge in [-0.25, -0.2) is 4.98 Å². The minimum Gasteiger partial charge on any atom is -0.347 e. The van der Waals surface area contributed by atoms with Crippen LogP contribution in [0.25, 0.3) is 5.52 Å². The van der Waals surface area contributed by atoms with Crippen molar-refractivity contribution >= 4 is 23.0 Å². The van der Waals surface area contributed by atoms with Crippen molar-refractivity contribution in [2.24, 2.45) is 0 Å². The van der Waals surface area contributed by atoms with Crippen molar-refractivity contribution < 1.29 is 9.59 Å². The van der Waals surface area contributed by atoms with Crippen molar-refractivity contribution in [1.29, 1.82) is 0 Å². The van der Waals surface area contributed by atoms with Crippen LogP contribution in [-0.4, -0.2) is 27.2 Å². The van der Waals surface area contributed by atoms with Gasteiger partial charge in [-0.05, 0) is 37.1 Å². The Morgan fingerprint density at radius 1 is 1.00 bits per heavy atom. The van der Waals surface area contributed by atoms with E-state index < -0.39 is 0 Å². The molecule has 0 saturated heterocycles. The predicted molar refractivity (Wildman–Crippen MR) is 90.1 cm³/mol. The van der Waals surface area contributed by atoms with E-state index in [9.17, 15) is 9.59 Å². The average Bonchev–Trinajstić information content (AvgIpc) is 3.32. The molecular formula is C18H16N4O2. The van der Waals surface area contributed by atoms with Gasteiger partial charge in [0.05, 0.1) is 5.52 Å². The minimum absolute atomic E-state index is 0.232. The van der Waals surface area contributed by atoms with Crippen LogP contribution in [0.5, 0.6) is 0 Å². The summed E-state index contributed by atoms with van der Waals surface area (Å²) in [5, 5.41) is 5.72. The van der Waals surface area contributed by atoms with E-state index >= 15 is 0 Å². The fraction of sp³-hybridized carbons (Fsp3) is 0.167. The molecule has 0 unspecified atom stereocenters. The van der Waals surface area contributed by atoms with E-state index in [1.807, 2.05) is 30.3 Å². The fourth-order valence-corrected chi connectivity index (χ4v) is 2.55. The summed E-state index contributed by atoms with van der Waals surface area (Å²) in [4.78, 5) is 29.3. The molecule has 120 valence electrons. The largest absolute Gasteiger partial charge is 0.347 e. The lowest BCUT2D eigenvalue weighted by atomic mass is 10.3. The summed E-state index contributed by atoms with van der Waals surface area (Å²) in [7, 11) is 0. The molecule has 6 nitrogen and oxygen atoms in total. The van der Waals surface area contributed by atoms with E-state index in [2.05, 4.69) is 15.6 Å². The van der Waals surface area contributed by atoms with Gasteiger partial charge in [0.25, 0.3) is 11.8 Å². The van der Waals surface area contributed by atoms with Crippen LogP contribution in [-0.2, 0) is 0 Å². The number of rotatable bonds is 4. The van der Waals surface area contributed by atoms with Gasteiger partial charge in [0.15, 0.2) is 5.69 Å². The van der Waals surface area contributed by atoms with Crippen molar-refractivity contribution in [3.63, 3.8) is 0 Å². The second kappa shape index (κ2) is 5.81. The van der Waals surface area contributed by atoms with Crippen LogP contribution >= 0.6 is 0 Å². The lowest BCUT2D eigenvalue weighted by Gasteiger charge is -2.02. The van der Waals surface area contributed by atoms with E-state index in [-0.39, 0.29) is 29.4 Å². The first-order valence-electron chi connectivity index (χ1n) is 7.87. The third kappa shape index (κ3) is 2.74. The van der Waals surface area contributed by atoms with Gasteiger partial charge in [-0.2, -0.15) is 0 Å². The van der Waals surface area contributed by atoms with Gasteiger partial charge in [-0.3, -0.25) is 14.0 Å². The number of pyridine rings is 1. The molecule has 6 heteroatoms. The van der Waals surface area contributed by atoms with Crippen LogP contribution < -0.4 is 10.6 Å². The first kappa shape index (κ1) is 14.4. The maximum atomic E-state index is 12.6. The Morgan fingerprint density at radius 3 is 2.50 bits per heavy atom. The van der Waals surface area contributed by atoms with Crippen LogP contribution in [0.4, 0.5) is 5.69 Å². The highest BCUT2D eigenvalue weighted by molar-refractivity contribution is 6.08. The van der Waals surface area contributed by atoms with Gasteiger partial charge in [0.1, 0.15) is 0 Å². The average molecular weight is 320 g/mol. The Morgan fingerprint density at radius 2 is 1.75 bits per heavy atom. The van der Waals surface area contributed by atoms with Crippen molar-refractivity contribution in [2.75, 3.05) is 5.32 Å². The van der Waals surface area contributed by atoms with Crippen LogP contribution in [0.2, 0.25) is 0 Å². The molecule has 2 heterocycles. The number of fused-ring (bicyclic) bond motifs is 1. The standard InChI is InChI=1S/C18H16N4O2/c23-17(19-12-6-2-1-3-7-12)15-14-8-4-5-11-22(14)16(21-15)18(24)20-13-9-10-13/h1-8,11,13H,9-10H2,(H,19,23)(H,20,24). The number of carbonyl (C=O) groups excluding carboxylic acids is 2. The number of benzene rings is 1. The quantitative estimate of drug-likeness (QED) is 0.775. The zero-order valence-electron chi connectivity index (χ0n) is 12.9. The molecule has 0 radical (unpaired) electrons. The Hall–Kier alpha value is -3.15. The predicted octanol–water partition coefficient (Wildman–Crippen LogP) is 2.48. The van der Waals surface area contributed by atoms with Gasteiger partial charge in [-0.1, -0.05) is 24.3 Å². The first-order chi connectivity index (χ1) is 11.7. The number of aromatic nitrogens is 2. The summed E-state index contributed by atoms with van der Waals surface area (Å²) in [6, 6.07) is 14.8. The third-order valence-electron chi connectivity index (χ3n) is 3.91. The maximum Gasteiger partial charge on any atom is 0.287 e. The van der Waals surface area contributed by atoms with E-state index in [1.165, 1.54) is 0 Å². The van der Waals surface area contributed by atoms with E-state index in [1.54, 1.807) is 28.8 Å². The summed E-state index contributed by atoms with van der Waals surface area (Å²) in [5.41, 5.74) is 1.52. The zero-order valence-corrected chi connectivity index (χ0v) is 12.9. The molecule has 3 aromatic rings. The van der Waals surface area contributed by atoms with E-state index in [4.69, 9.17) is 0 Å². The van der Waals surface area contributed by atoms with Gasteiger partial charge in [0.2, 0.25) is 5.82 Å². The number of nitrogens with one attached hydrogen (secondary N) is 2. The molecule has 24 heavy (non-hydrogen) atoms. The van der Waals surface area contributed by atoms with Crippen molar-refractivity contribution in [1.82, 2.24) is 14.7 Å². The number of para-hydroxylation sites is 1. The Balaban J connectivity index is 1.69. The van der Waals surface area contributed by atoms with Gasteiger partial charge < -0.3 is 10.6 Å². The topological polar surface area (TPSA) is 75.5 Å². The molecule has 0 spiro atoms. The van der Waals surface area contributed by atoms with Crippen molar-refractivity contribution in [3.8, 4) is 0 Å². The van der Waals surface area contributed by atoms with Crippen LogP contribution in [0.1, 0.15) is 33.9 Å². The van der Waals surface area contributed by atoms with Crippen LogP contribution in [0.3, 0.4) is 0 Å². The lowest BCUT2D eigenvalue weighted by molar-refractivity contribution is 0.0940. The normalized spacial score (nSPS) is 13.7. The Labute approximate surface area is 138 Å². The molecule has 1 aromatic carbocycles. The highest BCUT2D eigenvalue weighted by Crippen LogP contribution is 2.20. The lowest BCUT2D eigenvalue weighted by Crippen LogP contribution is -2.27. The molecule has 1 fully saturated rings. The summed E-state index contributed by atoms with van der Waals surface area (Å²) < 4.78 is 1.65. The van der Waals surface area contributed by atoms with Crippen molar-refractivity contribution in [3.05, 3.63) is 66.2 Å². The number of anilines is 1. The highest BCUT2D eigenvalue weighted by Gasteiger charge is 2.27. The van der Waals surface area contributed by atoms with E-state index in [0.717, 1.165) is 12.8 Å². The summed E-state index contributed by atoms with van der Waals surface area (Å²) in [6.07, 6.45) is 3.73. The molecule has 2 N–H and O–H groups in total. The van der Waals surface area contributed by atoms with Crippen LogP contribution in [0, 0.1) is 0 Å². The fourth-order valence-electron chi connectivity index (χ4n) is 2.55. The molecular weight excluding hydrogens is 304 g/mol. The molecule has 2 aromatic heterocycles. The Kier molecular flexibility index (Phi) is 3.49. The van der Waals surface area contributed by atoms with Gasteiger partial charge in [0, 0.05) is 17.9 Å². The number of hydrogen-bond acceptors (Lipinski definition) is 3. The number of carbonyl (C=O) groups is 2. The van der Waals surface area contributed by atoms with Gasteiger partial charge >= 0.3 is 0 Å². The highest BCUT2D eigenvalue weighted by atomic mass is 16.2. The maximum absolute atomic E-state index is 12.6. The van der Waals surface area contributed by atoms with Gasteiger partial charge in [-0.15, -0.1) is 0 Å². The molecule has 1 saturated carbocycles. The molecule has 0 atom stereocenters. The van der Waals surface area contributed by atoms with Crippen molar-refractivity contribution in [2.45, 2.75) is 18.9 Å². The summed E-state index contributed by atoms with van der Waals surface area (Å²) in [6.45, 7) is 0. The molecule has 1 aliphatic rings. The SMILES string of the molecule is O=C(Nc1ccccc1)c1nc(C(=O)NC2CC2)n2ccccc12. The molecule has 1 aliphatic carbocycles. The van der Waals surface area contributed by atoms with Crippen LogP contribution in [0.15, 0.2) is 54.7 Å². The number of nitrogens with zero attached hydrogens (tertiary/aromatic N) is 2. The second-order valence-corrected chi connectivity index (χ2v) is 5.81. The Bertz CT molecular complexity index is 913. The minimum atomic E-state index is -0.338. The number of imidazole rings is 1. The molecule has 0 aliphatic heterocycles. The number of amides is 2. The monoisotopic (exact) mass is 320 g/mol. The first-order valence-corrected chi connectivity index (χ1v) is 7.87.